The minimum atomic E-state index is -1.76. The highest BCUT2D eigenvalue weighted by Crippen LogP contribution is 2.25. The normalized spacial score (nSPS) is 14.7. The highest BCUT2D eigenvalue weighted by atomic mass is 16.6. The Balaban J connectivity index is 2.05. The Kier molecular flexibility index (Phi) is 9.11. The summed E-state index contributed by atoms with van der Waals surface area (Å²) >= 11 is 0. The Hall–Kier alpha value is -3.92. The highest BCUT2D eigenvalue weighted by Gasteiger charge is 2.33. The van der Waals surface area contributed by atoms with Crippen LogP contribution in [0.5, 0.6) is 0 Å². The van der Waals surface area contributed by atoms with Crippen molar-refractivity contribution in [1.82, 2.24) is 19.5 Å². The lowest BCUT2D eigenvalue weighted by atomic mass is 10.1. The summed E-state index contributed by atoms with van der Waals surface area (Å²) in [5.74, 6) is -1.12. The smallest absolute Gasteiger partial charge is 0.349 e. The van der Waals surface area contributed by atoms with Crippen molar-refractivity contribution in [3.63, 3.8) is 0 Å². The van der Waals surface area contributed by atoms with Gasteiger partial charge in [-0.25, -0.2) is 9.78 Å². The number of hydrogen-bond donors (Lipinski definition) is 7. The number of aromatic nitrogens is 4. The number of aryl methyl sites for hydroxylation is 2. The predicted molar refractivity (Wildman–Crippen MR) is 137 cm³/mol. The lowest BCUT2D eigenvalue weighted by molar-refractivity contribution is -0.164. The monoisotopic (exact) mass is 532 g/mol. The Labute approximate surface area is 216 Å². The lowest BCUT2D eigenvalue weighted by Crippen LogP contribution is -2.47. The molecule has 0 radical (unpaired) electrons. The summed E-state index contributed by atoms with van der Waals surface area (Å²) in [5.41, 5.74) is 17.2. The summed E-state index contributed by atoms with van der Waals surface area (Å²) in [5, 5.41) is 30.3. The van der Waals surface area contributed by atoms with Gasteiger partial charge in [-0.3, -0.25) is 19.6 Å². The molecular weight excluding hydrogens is 500 g/mol. The summed E-state index contributed by atoms with van der Waals surface area (Å²) in [7, 11) is 0. The molecule has 0 saturated carbocycles. The number of aliphatic imine (C=N–C) groups is 1. The fraction of sp³-hybridized carbons (Fsp3) is 0.478. The van der Waals surface area contributed by atoms with Crippen LogP contribution in [-0.2, 0) is 16.1 Å². The topological polar surface area (TPSA) is 258 Å². The fourth-order valence-corrected chi connectivity index (χ4v) is 3.86. The van der Waals surface area contributed by atoms with E-state index in [2.05, 4.69) is 19.9 Å². The van der Waals surface area contributed by atoms with Gasteiger partial charge in [0.15, 0.2) is 17.5 Å². The van der Waals surface area contributed by atoms with E-state index in [4.69, 9.17) is 21.9 Å². The number of aromatic amines is 1. The van der Waals surface area contributed by atoms with Crippen LogP contribution < -0.4 is 28.5 Å². The van der Waals surface area contributed by atoms with E-state index in [9.17, 15) is 29.7 Å². The van der Waals surface area contributed by atoms with E-state index in [1.807, 2.05) is 13.8 Å². The van der Waals surface area contributed by atoms with Crippen LogP contribution in [0.3, 0.4) is 0 Å². The molecule has 0 amide bonds. The minimum absolute atomic E-state index is 0.102. The molecule has 2 heterocycles. The van der Waals surface area contributed by atoms with Crippen molar-refractivity contribution in [2.75, 3.05) is 13.2 Å². The van der Waals surface area contributed by atoms with Crippen LogP contribution in [-0.4, -0.2) is 84.3 Å². The van der Waals surface area contributed by atoms with Crippen molar-refractivity contribution in [2.24, 2.45) is 22.2 Å². The second-order valence-corrected chi connectivity index (χ2v) is 8.96. The molecule has 0 fully saturated rings. The number of carbonyl (C=O) groups is 1. The Morgan fingerprint density at radius 3 is 2.53 bits per heavy atom. The van der Waals surface area contributed by atoms with E-state index < -0.39 is 48.2 Å². The number of nitrogens with one attached hydrogen (secondary N) is 1. The highest BCUT2D eigenvalue weighted by molar-refractivity contribution is 5.81. The number of esters is 1. The number of carbonyl (C=O) groups excluding carboxylic acids is 1. The number of nitrogens with two attached hydrogens (primary N) is 3. The molecule has 1 aromatic carbocycles. The van der Waals surface area contributed by atoms with Gasteiger partial charge in [0.2, 0.25) is 0 Å². The van der Waals surface area contributed by atoms with Gasteiger partial charge in [0, 0.05) is 6.54 Å². The van der Waals surface area contributed by atoms with Crippen LogP contribution in [0, 0.1) is 13.8 Å². The molecule has 15 heteroatoms. The number of aliphatic hydroxyl groups excluding tert-OH is 3. The second kappa shape index (κ2) is 12.1. The number of hydrogen-bond acceptors (Lipinski definition) is 11. The van der Waals surface area contributed by atoms with Crippen LogP contribution in [0.4, 0.5) is 0 Å². The summed E-state index contributed by atoms with van der Waals surface area (Å²) in [6.07, 6.45) is -4.38. The standard InChI is InChI=1S/C23H32N8O7/c1-10-6-13-14(7-11(10)2)31(19-17(28-13)20(35)30-23(37)29-19)8-16(18(34)15(33)9-32)38-21(36)12(24)4-3-5-27-22(25)26/h6-7,12,15-16,18,32-34H,3-5,8-9,24H2,1-2H3,(H4,25,26,27)(H,30,35,37)/t12-,15-,16+,18-/m0/s1. The molecule has 0 unspecified atom stereocenters. The number of guanidine groups is 1. The maximum atomic E-state index is 12.8. The molecule has 0 aliphatic carbocycles. The van der Waals surface area contributed by atoms with Crippen molar-refractivity contribution in [2.45, 2.75) is 57.6 Å². The van der Waals surface area contributed by atoms with Crippen LogP contribution in [0.1, 0.15) is 24.0 Å². The van der Waals surface area contributed by atoms with Crippen molar-refractivity contribution in [1.29, 1.82) is 0 Å². The first-order valence-electron chi connectivity index (χ1n) is 11.8. The van der Waals surface area contributed by atoms with Crippen molar-refractivity contribution in [3.8, 4) is 11.5 Å². The molecule has 0 saturated heterocycles. The largest absolute Gasteiger partial charge is 0.456 e. The molecule has 4 atom stereocenters. The minimum Gasteiger partial charge on any atom is -0.456 e. The van der Waals surface area contributed by atoms with Crippen LogP contribution >= 0.6 is 0 Å². The van der Waals surface area contributed by atoms with Crippen molar-refractivity contribution < 1.29 is 24.9 Å². The average molecular weight is 533 g/mol. The number of H-pyrrole nitrogens is 1. The predicted octanol–water partition coefficient (Wildman–Crippen LogP) is -2.79. The molecule has 0 spiro atoms. The van der Waals surface area contributed by atoms with E-state index in [0.29, 0.717) is 17.5 Å². The second-order valence-electron chi connectivity index (χ2n) is 8.96. The maximum absolute atomic E-state index is 12.8. The zero-order chi connectivity index (χ0) is 28.1. The summed E-state index contributed by atoms with van der Waals surface area (Å²) in [4.78, 5) is 51.5. The summed E-state index contributed by atoms with van der Waals surface area (Å²) < 4.78 is 6.89. The average Bonchev–Trinajstić information content (AvgIpc) is 2.86. The molecule has 1 aromatic rings. The van der Waals surface area contributed by atoms with Crippen LogP contribution in [0.15, 0.2) is 26.7 Å². The van der Waals surface area contributed by atoms with Gasteiger partial charge < -0.3 is 41.8 Å². The van der Waals surface area contributed by atoms with E-state index in [1.54, 1.807) is 12.1 Å². The SMILES string of the molecule is Cc1cc2nc3c(=O)[nH]c(=O)nc-3n(C[C@@H](OC(=O)[C@@H](N)CCCN=C(N)N)[C@@H](O)[C@@H](O)CO)c2cc1C. The molecule has 2 aliphatic rings. The molecule has 2 aliphatic heterocycles. The third kappa shape index (κ3) is 6.49. The number of rotatable bonds is 11. The van der Waals surface area contributed by atoms with Gasteiger partial charge in [-0.2, -0.15) is 4.98 Å². The first kappa shape index (κ1) is 28.6. The first-order valence-corrected chi connectivity index (χ1v) is 11.8. The number of nitrogens with zero attached hydrogens (tertiary/aromatic N) is 4. The van der Waals surface area contributed by atoms with Gasteiger partial charge in [-0.05, 0) is 49.9 Å². The van der Waals surface area contributed by atoms with Gasteiger partial charge in [0.25, 0.3) is 5.56 Å². The Morgan fingerprint density at radius 2 is 1.87 bits per heavy atom. The third-order valence-electron chi connectivity index (χ3n) is 6.09. The number of fused-ring (bicyclic) bond motifs is 2. The molecule has 0 bridgehead atoms. The van der Waals surface area contributed by atoms with Gasteiger partial charge in [-0.15, -0.1) is 0 Å². The van der Waals surface area contributed by atoms with Gasteiger partial charge in [-0.1, -0.05) is 0 Å². The summed E-state index contributed by atoms with van der Waals surface area (Å²) in [6, 6.07) is 2.37. The molecule has 10 N–H and O–H groups in total. The van der Waals surface area contributed by atoms with Gasteiger partial charge >= 0.3 is 11.7 Å². The Bertz CT molecular complexity index is 1420. The van der Waals surface area contributed by atoms with Gasteiger partial charge in [0.1, 0.15) is 24.4 Å². The van der Waals surface area contributed by atoms with E-state index >= 15 is 0 Å². The van der Waals surface area contributed by atoms with Crippen molar-refractivity contribution in [3.05, 3.63) is 44.1 Å². The number of ether oxygens (including phenoxy) is 1. The van der Waals surface area contributed by atoms with Crippen LogP contribution in [0.2, 0.25) is 0 Å². The molecule has 3 rings (SSSR count). The zero-order valence-electron chi connectivity index (χ0n) is 21.0. The molecule has 206 valence electrons. The first-order chi connectivity index (χ1) is 17.9. The fourth-order valence-electron chi connectivity index (χ4n) is 3.86. The van der Waals surface area contributed by atoms with E-state index in [-0.39, 0.29) is 37.0 Å². The zero-order valence-corrected chi connectivity index (χ0v) is 21.0. The summed E-state index contributed by atoms with van der Waals surface area (Å²) in [6.45, 7) is 2.74. The molecular formula is C23H32N8O7. The maximum Gasteiger partial charge on any atom is 0.349 e. The van der Waals surface area contributed by atoms with Crippen LogP contribution in [0.25, 0.3) is 22.6 Å². The van der Waals surface area contributed by atoms with Gasteiger partial charge in [0.05, 0.1) is 24.2 Å². The lowest BCUT2D eigenvalue weighted by Gasteiger charge is -2.29. The number of aliphatic hydroxyl groups is 3. The van der Waals surface area contributed by atoms with Crippen molar-refractivity contribution >= 4 is 23.0 Å². The molecule has 15 nitrogen and oxygen atoms in total. The molecule has 0 aromatic heterocycles. The molecule has 38 heavy (non-hydrogen) atoms. The number of benzene rings is 1. The quantitative estimate of drug-likeness (QED) is 0.0434. The van der Waals surface area contributed by atoms with E-state index in [1.165, 1.54) is 4.57 Å². The third-order valence-corrected chi connectivity index (χ3v) is 6.09. The van der Waals surface area contributed by atoms with E-state index in [0.717, 1.165) is 11.1 Å². The Morgan fingerprint density at radius 1 is 1.18 bits per heavy atom.